The third kappa shape index (κ3) is 5.83. The highest BCUT2D eigenvalue weighted by molar-refractivity contribution is 5.95. The second-order valence-corrected chi connectivity index (χ2v) is 6.91. The minimum Gasteiger partial charge on any atom is -0.489 e. The molecule has 0 bridgehead atoms. The largest absolute Gasteiger partial charge is 0.489 e. The molecule has 0 amide bonds. The lowest BCUT2D eigenvalue weighted by Gasteiger charge is -2.24. The predicted molar refractivity (Wildman–Crippen MR) is 115 cm³/mol. The summed E-state index contributed by atoms with van der Waals surface area (Å²) < 4.78 is 5.93. The van der Waals surface area contributed by atoms with Gasteiger partial charge in [-0.3, -0.25) is 5.41 Å². The second-order valence-electron chi connectivity index (χ2n) is 6.91. The SMILES string of the molecule is N=C(N)c1cccc(C=CCNc2ccc(OC3CCNCC3)c(C(=O)O)c2)c1. The van der Waals surface area contributed by atoms with E-state index in [-0.39, 0.29) is 17.5 Å². The Morgan fingerprint density at radius 2 is 2.07 bits per heavy atom. The topological polar surface area (TPSA) is 120 Å². The summed E-state index contributed by atoms with van der Waals surface area (Å²) >= 11 is 0. The number of rotatable bonds is 8. The maximum atomic E-state index is 11.7. The zero-order chi connectivity index (χ0) is 20.6. The van der Waals surface area contributed by atoms with Crippen molar-refractivity contribution in [2.75, 3.05) is 25.0 Å². The highest BCUT2D eigenvalue weighted by Gasteiger charge is 2.19. The van der Waals surface area contributed by atoms with E-state index < -0.39 is 5.97 Å². The minimum absolute atomic E-state index is 0.0337. The summed E-state index contributed by atoms with van der Waals surface area (Å²) in [6.07, 6.45) is 5.64. The minimum atomic E-state index is -1.01. The molecule has 1 fully saturated rings. The van der Waals surface area contributed by atoms with E-state index in [1.165, 1.54) is 0 Å². The van der Waals surface area contributed by atoms with Crippen molar-refractivity contribution >= 4 is 23.6 Å². The first kappa shape index (κ1) is 20.4. The van der Waals surface area contributed by atoms with Gasteiger partial charge >= 0.3 is 5.97 Å². The molecular weight excluding hydrogens is 368 g/mol. The van der Waals surface area contributed by atoms with Crippen LogP contribution in [0.1, 0.15) is 34.3 Å². The van der Waals surface area contributed by atoms with Crippen molar-refractivity contribution in [1.29, 1.82) is 5.41 Å². The van der Waals surface area contributed by atoms with Crippen molar-refractivity contribution in [2.45, 2.75) is 18.9 Å². The Morgan fingerprint density at radius 3 is 2.79 bits per heavy atom. The van der Waals surface area contributed by atoms with Gasteiger partial charge in [-0.25, -0.2) is 4.79 Å². The molecule has 0 aliphatic carbocycles. The molecule has 1 saturated heterocycles. The van der Waals surface area contributed by atoms with Gasteiger partial charge in [-0.2, -0.15) is 0 Å². The molecule has 0 atom stereocenters. The molecule has 0 aromatic heterocycles. The molecule has 152 valence electrons. The Labute approximate surface area is 170 Å². The Bertz CT molecular complexity index is 905. The van der Waals surface area contributed by atoms with E-state index in [1.54, 1.807) is 18.2 Å². The van der Waals surface area contributed by atoms with Gasteiger partial charge in [0.15, 0.2) is 0 Å². The normalized spacial score (nSPS) is 14.6. The number of hydrogen-bond acceptors (Lipinski definition) is 5. The fourth-order valence-corrected chi connectivity index (χ4v) is 3.18. The van der Waals surface area contributed by atoms with Crippen LogP contribution in [0.2, 0.25) is 0 Å². The summed E-state index contributed by atoms with van der Waals surface area (Å²) in [5.74, 6) is -0.563. The number of amidine groups is 1. The van der Waals surface area contributed by atoms with Crippen LogP contribution in [0.3, 0.4) is 0 Å². The summed E-state index contributed by atoms with van der Waals surface area (Å²) in [5, 5.41) is 23.5. The summed E-state index contributed by atoms with van der Waals surface area (Å²) in [7, 11) is 0. The number of nitrogens with one attached hydrogen (secondary N) is 3. The number of carbonyl (C=O) groups is 1. The van der Waals surface area contributed by atoms with Crippen molar-refractivity contribution < 1.29 is 14.6 Å². The third-order valence-electron chi connectivity index (χ3n) is 4.72. The van der Waals surface area contributed by atoms with Gasteiger partial charge in [0, 0.05) is 17.8 Å². The van der Waals surface area contributed by atoms with Gasteiger partial charge in [0.05, 0.1) is 0 Å². The standard InChI is InChI=1S/C22H26N4O3/c23-21(24)16-5-1-3-15(13-16)4-2-10-26-17-6-7-20(19(14-17)22(27)28)29-18-8-11-25-12-9-18/h1-7,13-14,18,25-26H,8-12H2,(H3,23,24)(H,27,28). The summed E-state index contributed by atoms with van der Waals surface area (Å²) in [6.45, 7) is 2.29. The first-order valence-corrected chi connectivity index (χ1v) is 9.62. The fourth-order valence-electron chi connectivity index (χ4n) is 3.18. The van der Waals surface area contributed by atoms with Crippen molar-refractivity contribution in [3.8, 4) is 5.75 Å². The number of nitrogen functional groups attached to an aromatic ring is 1. The van der Waals surface area contributed by atoms with Crippen LogP contribution >= 0.6 is 0 Å². The first-order chi connectivity index (χ1) is 14.0. The second kappa shape index (κ2) is 9.75. The number of benzene rings is 2. The van der Waals surface area contributed by atoms with Gasteiger partial charge in [0.25, 0.3) is 0 Å². The van der Waals surface area contributed by atoms with Gasteiger partial charge in [0.1, 0.15) is 23.3 Å². The molecule has 0 saturated carbocycles. The molecule has 2 aromatic rings. The Kier molecular flexibility index (Phi) is 6.86. The maximum absolute atomic E-state index is 11.7. The van der Waals surface area contributed by atoms with Gasteiger partial charge < -0.3 is 26.2 Å². The van der Waals surface area contributed by atoms with E-state index >= 15 is 0 Å². The molecule has 1 aliphatic heterocycles. The van der Waals surface area contributed by atoms with Crippen LogP contribution in [-0.2, 0) is 0 Å². The predicted octanol–water partition coefficient (Wildman–Crippen LogP) is 2.92. The Balaban J connectivity index is 1.62. The number of nitrogens with two attached hydrogens (primary N) is 1. The van der Waals surface area contributed by atoms with E-state index in [0.29, 0.717) is 23.5 Å². The number of carboxylic acids is 1. The van der Waals surface area contributed by atoms with Crippen LogP contribution in [0.5, 0.6) is 5.75 Å². The van der Waals surface area contributed by atoms with Crippen LogP contribution in [0.25, 0.3) is 6.08 Å². The Hall–Kier alpha value is -3.32. The average Bonchev–Trinajstić information content (AvgIpc) is 2.73. The summed E-state index contributed by atoms with van der Waals surface area (Å²) in [5.41, 5.74) is 8.00. The van der Waals surface area contributed by atoms with Gasteiger partial charge in [-0.1, -0.05) is 30.4 Å². The third-order valence-corrected chi connectivity index (χ3v) is 4.72. The summed E-state index contributed by atoms with van der Waals surface area (Å²) in [6, 6.07) is 12.6. The van der Waals surface area contributed by atoms with Gasteiger partial charge in [0.2, 0.25) is 0 Å². The summed E-state index contributed by atoms with van der Waals surface area (Å²) in [4.78, 5) is 11.7. The van der Waals surface area contributed by atoms with Crippen LogP contribution in [0, 0.1) is 5.41 Å². The lowest BCUT2D eigenvalue weighted by atomic mass is 10.1. The molecule has 2 aromatic carbocycles. The molecule has 6 N–H and O–H groups in total. The van der Waals surface area contributed by atoms with E-state index in [1.807, 2.05) is 36.4 Å². The number of piperidine rings is 1. The monoisotopic (exact) mass is 394 g/mol. The van der Waals surface area contributed by atoms with Gasteiger partial charge in [-0.15, -0.1) is 0 Å². The van der Waals surface area contributed by atoms with Crippen LogP contribution < -0.4 is 21.1 Å². The molecule has 0 spiro atoms. The van der Waals surface area contributed by atoms with Crippen molar-refractivity contribution in [2.24, 2.45) is 5.73 Å². The molecule has 0 radical (unpaired) electrons. The van der Waals surface area contributed by atoms with Crippen molar-refractivity contribution in [3.63, 3.8) is 0 Å². The number of aromatic carboxylic acids is 1. The number of carboxylic acid groups (broad SMARTS) is 1. The van der Waals surface area contributed by atoms with Crippen LogP contribution in [0.15, 0.2) is 48.5 Å². The zero-order valence-electron chi connectivity index (χ0n) is 16.2. The lowest BCUT2D eigenvalue weighted by molar-refractivity contribution is 0.0687. The number of ether oxygens (including phenoxy) is 1. The first-order valence-electron chi connectivity index (χ1n) is 9.62. The quantitative estimate of drug-likeness (QED) is 0.347. The average molecular weight is 394 g/mol. The molecule has 1 aliphatic rings. The Morgan fingerprint density at radius 1 is 1.28 bits per heavy atom. The van der Waals surface area contributed by atoms with E-state index in [4.69, 9.17) is 15.9 Å². The highest BCUT2D eigenvalue weighted by Crippen LogP contribution is 2.25. The fraction of sp³-hybridized carbons (Fsp3) is 0.273. The van der Waals surface area contributed by atoms with E-state index in [9.17, 15) is 9.90 Å². The molecule has 3 rings (SSSR count). The van der Waals surface area contributed by atoms with E-state index in [2.05, 4.69) is 10.6 Å². The lowest BCUT2D eigenvalue weighted by Crippen LogP contribution is -2.34. The molecule has 0 unspecified atom stereocenters. The maximum Gasteiger partial charge on any atom is 0.339 e. The molecular formula is C22H26N4O3. The zero-order valence-corrected chi connectivity index (χ0v) is 16.2. The molecule has 7 heteroatoms. The highest BCUT2D eigenvalue weighted by atomic mass is 16.5. The smallest absolute Gasteiger partial charge is 0.339 e. The number of hydrogen-bond donors (Lipinski definition) is 5. The molecule has 7 nitrogen and oxygen atoms in total. The molecule has 1 heterocycles. The van der Waals surface area contributed by atoms with Crippen LogP contribution in [-0.4, -0.2) is 42.6 Å². The van der Waals surface area contributed by atoms with Crippen molar-refractivity contribution in [3.05, 3.63) is 65.2 Å². The molecule has 29 heavy (non-hydrogen) atoms. The van der Waals surface area contributed by atoms with Crippen LogP contribution in [0.4, 0.5) is 5.69 Å². The number of anilines is 1. The van der Waals surface area contributed by atoms with Crippen molar-refractivity contribution in [1.82, 2.24) is 5.32 Å². The van der Waals surface area contributed by atoms with Gasteiger partial charge in [-0.05, 0) is 55.8 Å². The van der Waals surface area contributed by atoms with E-state index in [0.717, 1.165) is 31.5 Å².